The molecule has 1 aromatic carbocycles. The maximum absolute atomic E-state index is 13.0. The number of hydrogen-bond donors (Lipinski definition) is 0. The van der Waals surface area contributed by atoms with Crippen LogP contribution < -0.4 is 0 Å². The van der Waals surface area contributed by atoms with Gasteiger partial charge in [0, 0.05) is 24.7 Å². The van der Waals surface area contributed by atoms with Crippen LogP contribution in [0.4, 0.5) is 4.79 Å². The van der Waals surface area contributed by atoms with E-state index in [2.05, 4.69) is 11.8 Å². The summed E-state index contributed by atoms with van der Waals surface area (Å²) in [6.07, 6.45) is 2.33. The third-order valence-corrected chi connectivity index (χ3v) is 6.52. The van der Waals surface area contributed by atoms with Gasteiger partial charge in [-0.3, -0.25) is 19.5 Å². The fourth-order valence-electron chi connectivity index (χ4n) is 4.19. The van der Waals surface area contributed by atoms with E-state index in [4.69, 9.17) is 16.6 Å². The van der Waals surface area contributed by atoms with E-state index in [1.54, 1.807) is 7.05 Å². The maximum atomic E-state index is 13.0. The topological polar surface area (TPSA) is 59.2 Å². The Hall–Kier alpha value is -2.25. The lowest BCUT2D eigenvalue weighted by atomic mass is 9.99. The largest absolute Gasteiger partial charge is 0.333 e. The predicted octanol–water partition coefficient (Wildman–Crippen LogP) is 2.29. The number of amidine groups is 2. The molecule has 0 radical (unpaired) electrons. The number of hydrogen-bond acceptors (Lipinski definition) is 4. The molecule has 3 amide bonds. The van der Waals surface area contributed by atoms with E-state index in [-0.39, 0.29) is 11.9 Å². The number of rotatable bonds is 4. The molecule has 7 nitrogen and oxygen atoms in total. The second kappa shape index (κ2) is 7.88. The number of halogens is 1. The highest BCUT2D eigenvalue weighted by atomic mass is 35.5. The zero-order chi connectivity index (χ0) is 20.7. The van der Waals surface area contributed by atoms with Crippen molar-refractivity contribution in [1.82, 2.24) is 14.7 Å². The molecule has 8 heteroatoms. The van der Waals surface area contributed by atoms with Gasteiger partial charge >= 0.3 is 11.9 Å². The van der Waals surface area contributed by atoms with Crippen LogP contribution in [0.1, 0.15) is 25.3 Å². The molecule has 2 fully saturated rings. The molecule has 0 bridgehead atoms. The zero-order valence-electron chi connectivity index (χ0n) is 17.1. The molecule has 29 heavy (non-hydrogen) atoms. The Morgan fingerprint density at radius 2 is 1.83 bits per heavy atom. The fraction of sp³-hybridized carbons (Fsp3) is 0.524. The van der Waals surface area contributed by atoms with Gasteiger partial charge in [0.25, 0.3) is 17.8 Å². The number of nitrogens with zero attached hydrogens (tertiary/aromatic N) is 5. The normalized spacial score (nSPS) is 23.7. The third kappa shape index (κ3) is 3.69. The van der Waals surface area contributed by atoms with E-state index in [0.717, 1.165) is 43.2 Å². The average molecular weight is 417 g/mol. The molecule has 2 saturated heterocycles. The van der Waals surface area contributed by atoms with Crippen LogP contribution in [0.2, 0.25) is 5.02 Å². The van der Waals surface area contributed by atoms with Gasteiger partial charge in [-0.2, -0.15) is 0 Å². The van der Waals surface area contributed by atoms with E-state index < -0.39 is 6.04 Å². The molecular formula is C21H27ClN5O2+. The van der Waals surface area contributed by atoms with Gasteiger partial charge < -0.3 is 0 Å². The minimum absolute atomic E-state index is 0.249. The molecule has 3 aliphatic rings. The Morgan fingerprint density at radius 1 is 1.14 bits per heavy atom. The summed E-state index contributed by atoms with van der Waals surface area (Å²) in [5.74, 6) is 1.82. The number of fused-ring (bicyclic) bond motifs is 1. The van der Waals surface area contributed by atoms with Crippen LogP contribution in [-0.4, -0.2) is 82.7 Å². The van der Waals surface area contributed by atoms with Gasteiger partial charge in [-0.05, 0) is 42.9 Å². The van der Waals surface area contributed by atoms with Crippen molar-refractivity contribution in [3.05, 3.63) is 34.9 Å². The summed E-state index contributed by atoms with van der Waals surface area (Å²) in [6.45, 7) is 5.45. The van der Waals surface area contributed by atoms with Crippen LogP contribution in [0.25, 0.3) is 0 Å². The van der Waals surface area contributed by atoms with E-state index in [9.17, 15) is 9.59 Å². The number of aliphatic imine (C=N–C) groups is 1. The highest BCUT2D eigenvalue weighted by Crippen LogP contribution is 2.24. The molecule has 1 aromatic rings. The fourth-order valence-corrected chi connectivity index (χ4v) is 4.38. The molecule has 0 aromatic heterocycles. The van der Waals surface area contributed by atoms with Gasteiger partial charge in [0.15, 0.2) is 0 Å². The Kier molecular flexibility index (Phi) is 5.44. The van der Waals surface area contributed by atoms with Crippen LogP contribution >= 0.6 is 11.6 Å². The number of piperidine rings is 1. The van der Waals surface area contributed by atoms with Crippen LogP contribution in [0.15, 0.2) is 29.3 Å². The second-order valence-corrected chi connectivity index (χ2v) is 8.61. The number of amides is 3. The zero-order valence-corrected chi connectivity index (χ0v) is 17.9. The maximum Gasteiger partial charge on any atom is 0.333 e. The number of benzene rings is 1. The quantitative estimate of drug-likeness (QED) is 0.707. The lowest BCUT2D eigenvalue weighted by Crippen LogP contribution is -2.61. The van der Waals surface area contributed by atoms with Gasteiger partial charge in [0.05, 0.1) is 0 Å². The molecular weight excluding hydrogens is 390 g/mol. The Balaban J connectivity index is 1.70. The first-order valence-electron chi connectivity index (χ1n) is 10.1. The van der Waals surface area contributed by atoms with Crippen molar-refractivity contribution >= 4 is 35.2 Å². The van der Waals surface area contributed by atoms with Crippen molar-refractivity contribution in [3.8, 4) is 0 Å². The third-order valence-electron chi connectivity index (χ3n) is 6.15. The van der Waals surface area contributed by atoms with Crippen LogP contribution in [0.5, 0.6) is 0 Å². The first-order chi connectivity index (χ1) is 13.9. The van der Waals surface area contributed by atoms with Crippen LogP contribution in [-0.2, 0) is 11.3 Å². The molecule has 4 rings (SSSR count). The molecule has 154 valence electrons. The standard InChI is InChI=1S/C21H27ClN5O2/c1-14-8-10-26(11-9-14)13-17-23-19-18(20(28)25(3)21(29)24(19)2)27(17)12-15-6-4-5-7-16(15)22/h4-7,14,18H,8-13H2,1-3H3/q+1. The second-order valence-electron chi connectivity index (χ2n) is 8.21. The van der Waals surface area contributed by atoms with Crippen molar-refractivity contribution in [2.45, 2.75) is 32.4 Å². The molecule has 3 heterocycles. The molecule has 0 spiro atoms. The molecule has 0 aliphatic carbocycles. The van der Waals surface area contributed by atoms with E-state index in [0.29, 0.717) is 23.9 Å². The lowest BCUT2D eigenvalue weighted by molar-refractivity contribution is -0.552. The summed E-state index contributed by atoms with van der Waals surface area (Å²) >= 11 is 6.41. The van der Waals surface area contributed by atoms with Crippen molar-refractivity contribution in [2.75, 3.05) is 33.7 Å². The summed E-state index contributed by atoms with van der Waals surface area (Å²) in [6, 6.07) is 6.70. The summed E-state index contributed by atoms with van der Waals surface area (Å²) < 4.78 is 2.01. The smallest absolute Gasteiger partial charge is 0.292 e. The molecule has 1 unspecified atom stereocenters. The number of carbonyl (C=O) groups is 2. The Bertz CT molecular complexity index is 904. The SMILES string of the molecule is CC1CCN(CC2=[N+](Cc3ccccc3Cl)C3C(=O)N(C)C(=O)N(C)C3=N2)CC1. The number of carbonyl (C=O) groups excluding carboxylic acids is 2. The number of imide groups is 1. The van der Waals surface area contributed by atoms with Gasteiger partial charge in [-0.15, -0.1) is 0 Å². The van der Waals surface area contributed by atoms with Crippen LogP contribution in [0, 0.1) is 5.92 Å². The highest BCUT2D eigenvalue weighted by molar-refractivity contribution is 6.31. The molecule has 3 aliphatic heterocycles. The minimum Gasteiger partial charge on any atom is -0.292 e. The lowest BCUT2D eigenvalue weighted by Gasteiger charge is -2.31. The highest BCUT2D eigenvalue weighted by Gasteiger charge is 2.53. The molecule has 1 atom stereocenters. The monoisotopic (exact) mass is 416 g/mol. The van der Waals surface area contributed by atoms with E-state index in [1.165, 1.54) is 16.8 Å². The summed E-state index contributed by atoms with van der Waals surface area (Å²) in [5.41, 5.74) is 0.936. The predicted molar refractivity (Wildman–Crippen MR) is 112 cm³/mol. The van der Waals surface area contributed by atoms with Gasteiger partial charge in [-0.1, -0.05) is 36.7 Å². The van der Waals surface area contributed by atoms with Crippen molar-refractivity contribution in [3.63, 3.8) is 0 Å². The molecule has 0 N–H and O–H groups in total. The van der Waals surface area contributed by atoms with Crippen molar-refractivity contribution < 1.29 is 14.2 Å². The molecule has 0 saturated carbocycles. The van der Waals surface area contributed by atoms with Crippen molar-refractivity contribution in [1.29, 1.82) is 0 Å². The summed E-state index contributed by atoms with van der Waals surface area (Å²) in [7, 11) is 3.20. The Labute approximate surface area is 176 Å². The van der Waals surface area contributed by atoms with Crippen LogP contribution in [0.3, 0.4) is 0 Å². The number of likely N-dealkylation sites (N-methyl/N-ethyl adjacent to an activating group) is 2. The minimum atomic E-state index is -0.599. The Morgan fingerprint density at radius 3 is 2.52 bits per heavy atom. The number of likely N-dealkylation sites (tertiary alicyclic amines) is 1. The van der Waals surface area contributed by atoms with Gasteiger partial charge in [0.2, 0.25) is 0 Å². The summed E-state index contributed by atoms with van der Waals surface area (Å²) in [4.78, 5) is 35.3. The van der Waals surface area contributed by atoms with Gasteiger partial charge in [0.1, 0.15) is 13.1 Å². The average Bonchev–Trinajstić information content (AvgIpc) is 3.06. The first kappa shape index (κ1) is 20.0. The first-order valence-corrected chi connectivity index (χ1v) is 10.5. The number of urea groups is 1. The van der Waals surface area contributed by atoms with E-state index in [1.807, 2.05) is 28.8 Å². The summed E-state index contributed by atoms with van der Waals surface area (Å²) in [5, 5.41) is 0.660. The van der Waals surface area contributed by atoms with Crippen molar-refractivity contribution in [2.24, 2.45) is 10.9 Å². The van der Waals surface area contributed by atoms with E-state index >= 15 is 0 Å². The van der Waals surface area contributed by atoms with Gasteiger partial charge in [-0.25, -0.2) is 9.37 Å².